The molecule has 0 aromatic carbocycles. The number of rotatable bonds is 4. The molecule has 6 heteroatoms. The second kappa shape index (κ2) is 6.92. The predicted molar refractivity (Wildman–Crippen MR) is 73.4 cm³/mol. The molecule has 1 aliphatic heterocycles. The molecular weight excluding hydrogens is 260 g/mol. The molecule has 6 nitrogen and oxygen atoms in total. The largest absolute Gasteiger partial charge is 0.481 e. The second-order valence-electron chi connectivity index (χ2n) is 6.07. The molecule has 0 aromatic heterocycles. The monoisotopic (exact) mass is 284 g/mol. The number of nitrogens with one attached hydrogen (secondary N) is 2. The number of carbonyl (C=O) groups excluding carboxylic acids is 1. The van der Waals surface area contributed by atoms with Crippen LogP contribution in [0.3, 0.4) is 0 Å². The highest BCUT2D eigenvalue weighted by Gasteiger charge is 2.35. The number of carbonyl (C=O) groups is 2. The third-order valence-corrected chi connectivity index (χ3v) is 4.40. The number of hydrogen-bond donors (Lipinski definition) is 3. The summed E-state index contributed by atoms with van der Waals surface area (Å²) in [5.74, 6) is -0.218. The Balaban J connectivity index is 1.69. The highest BCUT2D eigenvalue weighted by Crippen LogP contribution is 2.27. The maximum absolute atomic E-state index is 11.8. The Labute approximate surface area is 119 Å². The summed E-state index contributed by atoms with van der Waals surface area (Å²) in [4.78, 5) is 22.8. The van der Waals surface area contributed by atoms with Gasteiger partial charge in [-0.25, -0.2) is 4.79 Å². The van der Waals surface area contributed by atoms with Crippen LogP contribution in [0.25, 0.3) is 0 Å². The molecule has 0 aromatic rings. The van der Waals surface area contributed by atoms with Gasteiger partial charge >= 0.3 is 12.0 Å². The molecule has 0 radical (unpaired) electrons. The molecule has 1 saturated heterocycles. The lowest BCUT2D eigenvalue weighted by atomic mass is 9.83. The van der Waals surface area contributed by atoms with Crippen molar-refractivity contribution in [1.82, 2.24) is 10.6 Å². The quantitative estimate of drug-likeness (QED) is 0.724. The fraction of sp³-hybridized carbons (Fsp3) is 0.857. The lowest BCUT2D eigenvalue weighted by molar-refractivity contribution is -0.142. The molecular formula is C14H24N2O4. The molecule has 2 aliphatic rings. The Morgan fingerprint density at radius 2 is 1.90 bits per heavy atom. The average Bonchev–Trinajstić information content (AvgIpc) is 2.86. The van der Waals surface area contributed by atoms with Gasteiger partial charge in [-0.2, -0.15) is 0 Å². The van der Waals surface area contributed by atoms with Gasteiger partial charge in [0.25, 0.3) is 0 Å². The van der Waals surface area contributed by atoms with Crippen LogP contribution < -0.4 is 10.6 Å². The molecule has 20 heavy (non-hydrogen) atoms. The lowest BCUT2D eigenvalue weighted by Gasteiger charge is -2.26. The van der Waals surface area contributed by atoms with Crippen molar-refractivity contribution < 1.29 is 19.4 Å². The van der Waals surface area contributed by atoms with Crippen molar-refractivity contribution in [1.29, 1.82) is 0 Å². The van der Waals surface area contributed by atoms with Gasteiger partial charge in [0, 0.05) is 6.54 Å². The molecule has 2 rings (SSSR count). The van der Waals surface area contributed by atoms with E-state index in [4.69, 9.17) is 9.84 Å². The summed E-state index contributed by atoms with van der Waals surface area (Å²) in [5, 5.41) is 14.6. The molecule has 3 N–H and O–H groups in total. The Morgan fingerprint density at radius 3 is 2.55 bits per heavy atom. The van der Waals surface area contributed by atoms with E-state index >= 15 is 0 Å². The van der Waals surface area contributed by atoms with Crippen LogP contribution in [0.4, 0.5) is 4.79 Å². The number of hydrogen-bond acceptors (Lipinski definition) is 3. The van der Waals surface area contributed by atoms with Gasteiger partial charge in [0.2, 0.25) is 0 Å². The van der Waals surface area contributed by atoms with Gasteiger partial charge < -0.3 is 20.5 Å². The van der Waals surface area contributed by atoms with Gasteiger partial charge in [-0.1, -0.05) is 19.8 Å². The Bertz CT molecular complexity index is 353. The lowest BCUT2D eigenvalue weighted by Crippen LogP contribution is -2.48. The molecule has 0 spiro atoms. The molecule has 2 amide bonds. The maximum Gasteiger partial charge on any atom is 0.315 e. The number of carboxylic acid groups (broad SMARTS) is 1. The van der Waals surface area contributed by atoms with Crippen molar-refractivity contribution in [3.8, 4) is 0 Å². The molecule has 1 heterocycles. The smallest absolute Gasteiger partial charge is 0.315 e. The van der Waals surface area contributed by atoms with E-state index in [0.717, 1.165) is 18.8 Å². The summed E-state index contributed by atoms with van der Waals surface area (Å²) in [6.07, 6.45) is 4.77. The summed E-state index contributed by atoms with van der Waals surface area (Å²) in [5.41, 5.74) is 0. The van der Waals surface area contributed by atoms with E-state index < -0.39 is 17.9 Å². The standard InChI is InChI=1S/C14H24N2O4/c1-9-2-4-10(5-3-9)6-15-14(19)16-12-8-20-7-11(12)13(17)18/h9-12H,2-8H2,1H3,(H,17,18)(H2,15,16,19). The zero-order valence-electron chi connectivity index (χ0n) is 11.9. The minimum Gasteiger partial charge on any atom is -0.481 e. The third kappa shape index (κ3) is 4.10. The maximum atomic E-state index is 11.8. The minimum atomic E-state index is -0.922. The summed E-state index contributed by atoms with van der Waals surface area (Å²) >= 11 is 0. The van der Waals surface area contributed by atoms with Crippen LogP contribution in [0, 0.1) is 17.8 Å². The van der Waals surface area contributed by atoms with Crippen LogP contribution in [-0.4, -0.2) is 42.9 Å². The van der Waals surface area contributed by atoms with Gasteiger partial charge in [-0.15, -0.1) is 0 Å². The van der Waals surface area contributed by atoms with E-state index in [-0.39, 0.29) is 19.2 Å². The van der Waals surface area contributed by atoms with Crippen molar-refractivity contribution in [2.75, 3.05) is 19.8 Å². The van der Waals surface area contributed by atoms with Crippen LogP contribution in [0.2, 0.25) is 0 Å². The van der Waals surface area contributed by atoms with Gasteiger partial charge in [0.1, 0.15) is 5.92 Å². The highest BCUT2D eigenvalue weighted by atomic mass is 16.5. The zero-order chi connectivity index (χ0) is 14.5. The minimum absolute atomic E-state index is 0.167. The topological polar surface area (TPSA) is 87.7 Å². The molecule has 2 unspecified atom stereocenters. The van der Waals surface area contributed by atoms with Crippen LogP contribution in [0.5, 0.6) is 0 Å². The number of urea groups is 1. The Morgan fingerprint density at radius 1 is 1.20 bits per heavy atom. The fourth-order valence-electron chi connectivity index (χ4n) is 2.93. The third-order valence-electron chi connectivity index (χ3n) is 4.40. The number of amides is 2. The number of aliphatic carboxylic acids is 1. The zero-order valence-corrected chi connectivity index (χ0v) is 11.9. The van der Waals surface area contributed by atoms with Crippen molar-refractivity contribution >= 4 is 12.0 Å². The van der Waals surface area contributed by atoms with Crippen LogP contribution >= 0.6 is 0 Å². The van der Waals surface area contributed by atoms with Crippen molar-refractivity contribution in [2.45, 2.75) is 38.6 Å². The number of carboxylic acids is 1. The van der Waals surface area contributed by atoms with Crippen molar-refractivity contribution in [3.63, 3.8) is 0 Å². The van der Waals surface area contributed by atoms with Crippen molar-refractivity contribution in [3.05, 3.63) is 0 Å². The fourth-order valence-corrected chi connectivity index (χ4v) is 2.93. The molecule has 114 valence electrons. The first-order chi connectivity index (χ1) is 9.56. The Kier molecular flexibility index (Phi) is 5.23. The van der Waals surface area contributed by atoms with E-state index in [1.165, 1.54) is 12.8 Å². The van der Waals surface area contributed by atoms with Crippen LogP contribution in [0.1, 0.15) is 32.6 Å². The summed E-state index contributed by atoms with van der Waals surface area (Å²) in [7, 11) is 0. The summed E-state index contributed by atoms with van der Waals surface area (Å²) < 4.78 is 5.11. The Hall–Kier alpha value is -1.30. The van der Waals surface area contributed by atoms with E-state index in [9.17, 15) is 9.59 Å². The molecule has 2 atom stereocenters. The molecule has 1 aliphatic carbocycles. The first-order valence-electron chi connectivity index (χ1n) is 7.41. The van der Waals surface area contributed by atoms with Crippen molar-refractivity contribution in [2.24, 2.45) is 17.8 Å². The van der Waals surface area contributed by atoms with Gasteiger partial charge in [-0.05, 0) is 24.7 Å². The van der Waals surface area contributed by atoms with E-state index in [0.29, 0.717) is 12.5 Å². The molecule has 0 bridgehead atoms. The van der Waals surface area contributed by atoms with Crippen LogP contribution in [0.15, 0.2) is 0 Å². The molecule has 2 fully saturated rings. The first kappa shape index (κ1) is 15.1. The second-order valence-corrected chi connectivity index (χ2v) is 6.07. The van der Waals surface area contributed by atoms with Gasteiger partial charge in [0.15, 0.2) is 0 Å². The van der Waals surface area contributed by atoms with Gasteiger partial charge in [0.05, 0.1) is 19.3 Å². The van der Waals surface area contributed by atoms with Crippen LogP contribution in [-0.2, 0) is 9.53 Å². The average molecular weight is 284 g/mol. The normalized spacial score (nSPS) is 33.6. The summed E-state index contributed by atoms with van der Waals surface area (Å²) in [6, 6.07) is -0.718. The number of ether oxygens (including phenoxy) is 1. The molecule has 1 saturated carbocycles. The SMILES string of the molecule is CC1CCC(CNC(=O)NC2COCC2C(=O)O)CC1. The predicted octanol–water partition coefficient (Wildman–Crippen LogP) is 1.21. The van der Waals surface area contributed by atoms with E-state index in [1.54, 1.807) is 0 Å². The van der Waals surface area contributed by atoms with E-state index in [2.05, 4.69) is 17.6 Å². The highest BCUT2D eigenvalue weighted by molar-refractivity contribution is 5.77. The van der Waals surface area contributed by atoms with Gasteiger partial charge in [-0.3, -0.25) is 4.79 Å². The first-order valence-corrected chi connectivity index (χ1v) is 7.41. The van der Waals surface area contributed by atoms with E-state index in [1.807, 2.05) is 0 Å². The summed E-state index contributed by atoms with van der Waals surface area (Å²) in [6.45, 7) is 3.37.